The summed E-state index contributed by atoms with van der Waals surface area (Å²) in [7, 11) is 1.75. The predicted molar refractivity (Wildman–Crippen MR) is 70.7 cm³/mol. The quantitative estimate of drug-likeness (QED) is 0.796. The molecule has 2 rings (SSSR count). The standard InChI is InChI=1S/C13H13FN2OS/c1-9-15-11(8-18-9)6-16(2)13-10(7-17)4-3-5-12(13)14/h3-5,7-8H,6H2,1-2H3. The number of aromatic nitrogens is 1. The molecule has 5 heteroatoms. The van der Waals surface area contributed by atoms with Gasteiger partial charge in [-0.05, 0) is 19.1 Å². The van der Waals surface area contributed by atoms with Crippen LogP contribution in [0, 0.1) is 12.7 Å². The Hall–Kier alpha value is -1.75. The lowest BCUT2D eigenvalue weighted by atomic mass is 10.1. The maximum absolute atomic E-state index is 13.8. The zero-order chi connectivity index (χ0) is 13.1. The van der Waals surface area contributed by atoms with E-state index in [0.29, 0.717) is 24.1 Å². The Morgan fingerprint density at radius 1 is 1.50 bits per heavy atom. The average Bonchev–Trinajstić information content (AvgIpc) is 2.74. The third kappa shape index (κ3) is 2.56. The van der Waals surface area contributed by atoms with Crippen molar-refractivity contribution in [1.29, 1.82) is 0 Å². The van der Waals surface area contributed by atoms with Gasteiger partial charge in [-0.2, -0.15) is 0 Å². The minimum absolute atomic E-state index is 0.318. The summed E-state index contributed by atoms with van der Waals surface area (Å²) in [4.78, 5) is 17.0. The fourth-order valence-electron chi connectivity index (χ4n) is 1.83. The number of aryl methyl sites for hydroxylation is 1. The fraction of sp³-hybridized carbons (Fsp3) is 0.231. The molecule has 3 nitrogen and oxygen atoms in total. The third-order valence-electron chi connectivity index (χ3n) is 2.59. The van der Waals surface area contributed by atoms with E-state index in [-0.39, 0.29) is 0 Å². The normalized spacial score (nSPS) is 10.4. The monoisotopic (exact) mass is 264 g/mol. The summed E-state index contributed by atoms with van der Waals surface area (Å²) in [6.07, 6.45) is 0.668. The second-order valence-electron chi connectivity index (χ2n) is 4.01. The lowest BCUT2D eigenvalue weighted by molar-refractivity contribution is 0.112. The van der Waals surface area contributed by atoms with Crippen LogP contribution < -0.4 is 4.90 Å². The molecule has 0 amide bonds. The molecule has 0 spiro atoms. The van der Waals surface area contributed by atoms with Gasteiger partial charge in [-0.15, -0.1) is 11.3 Å². The van der Waals surface area contributed by atoms with Crippen molar-refractivity contribution < 1.29 is 9.18 Å². The van der Waals surface area contributed by atoms with Crippen LogP contribution in [0.1, 0.15) is 21.1 Å². The van der Waals surface area contributed by atoms with Crippen LogP contribution >= 0.6 is 11.3 Å². The Labute approximate surface area is 109 Å². The van der Waals surface area contributed by atoms with Crippen molar-refractivity contribution in [3.05, 3.63) is 45.7 Å². The first-order valence-electron chi connectivity index (χ1n) is 5.47. The summed E-state index contributed by atoms with van der Waals surface area (Å²) in [5, 5.41) is 2.91. The largest absolute Gasteiger partial charge is 0.366 e. The Balaban J connectivity index is 2.28. The number of halogens is 1. The summed E-state index contributed by atoms with van der Waals surface area (Å²) in [6, 6.07) is 4.49. The lowest BCUT2D eigenvalue weighted by Crippen LogP contribution is -2.19. The van der Waals surface area contributed by atoms with Crippen molar-refractivity contribution in [2.45, 2.75) is 13.5 Å². The highest BCUT2D eigenvalue weighted by molar-refractivity contribution is 7.09. The van der Waals surface area contributed by atoms with Crippen LogP contribution in [0.2, 0.25) is 0 Å². The van der Waals surface area contributed by atoms with E-state index >= 15 is 0 Å². The molecule has 0 unspecified atom stereocenters. The first-order valence-corrected chi connectivity index (χ1v) is 6.35. The minimum atomic E-state index is -0.394. The molecule has 0 aliphatic rings. The summed E-state index contributed by atoms with van der Waals surface area (Å²) >= 11 is 1.55. The number of benzene rings is 1. The number of hydrogen-bond donors (Lipinski definition) is 0. The molecular formula is C13H13FN2OS. The molecule has 0 atom stereocenters. The van der Waals surface area contributed by atoms with Gasteiger partial charge in [-0.1, -0.05) is 6.07 Å². The summed E-state index contributed by atoms with van der Waals surface area (Å²) in [5.41, 5.74) is 1.54. The highest BCUT2D eigenvalue weighted by Crippen LogP contribution is 2.24. The maximum Gasteiger partial charge on any atom is 0.152 e. The molecule has 94 valence electrons. The van der Waals surface area contributed by atoms with Gasteiger partial charge in [-0.3, -0.25) is 4.79 Å². The summed E-state index contributed by atoms with van der Waals surface area (Å²) in [6.45, 7) is 2.40. The molecule has 0 radical (unpaired) electrons. The third-order valence-corrected chi connectivity index (χ3v) is 3.41. The second kappa shape index (κ2) is 5.27. The van der Waals surface area contributed by atoms with Gasteiger partial charge in [0.05, 0.1) is 22.9 Å². The molecule has 18 heavy (non-hydrogen) atoms. The number of aldehydes is 1. The van der Waals surface area contributed by atoms with Crippen LogP contribution in [0.25, 0.3) is 0 Å². The van der Waals surface area contributed by atoms with Gasteiger partial charge in [0.2, 0.25) is 0 Å². The van der Waals surface area contributed by atoms with E-state index in [2.05, 4.69) is 4.98 Å². The molecule has 1 heterocycles. The van der Waals surface area contributed by atoms with Crippen LogP contribution in [0.5, 0.6) is 0 Å². The molecular weight excluding hydrogens is 251 g/mol. The van der Waals surface area contributed by atoms with Crippen molar-refractivity contribution in [3.63, 3.8) is 0 Å². The zero-order valence-corrected chi connectivity index (χ0v) is 11.0. The van der Waals surface area contributed by atoms with Crippen LogP contribution in [0.4, 0.5) is 10.1 Å². The van der Waals surface area contributed by atoms with Gasteiger partial charge in [0.15, 0.2) is 6.29 Å². The van der Waals surface area contributed by atoms with E-state index in [1.54, 1.807) is 29.4 Å². The number of thiazole rings is 1. The Kier molecular flexibility index (Phi) is 3.72. The molecule has 0 saturated heterocycles. The molecule has 0 saturated carbocycles. The van der Waals surface area contributed by atoms with E-state index in [0.717, 1.165) is 10.7 Å². The van der Waals surface area contributed by atoms with Gasteiger partial charge >= 0.3 is 0 Å². The molecule has 0 fully saturated rings. The minimum Gasteiger partial charge on any atom is -0.366 e. The van der Waals surface area contributed by atoms with E-state index in [4.69, 9.17) is 0 Å². The van der Waals surface area contributed by atoms with Crippen molar-refractivity contribution in [2.24, 2.45) is 0 Å². The zero-order valence-electron chi connectivity index (χ0n) is 10.2. The molecule has 0 aliphatic carbocycles. The first kappa shape index (κ1) is 12.7. The van der Waals surface area contributed by atoms with Crippen LogP contribution in [-0.4, -0.2) is 18.3 Å². The summed E-state index contributed by atoms with van der Waals surface area (Å²) < 4.78 is 13.8. The molecule has 0 N–H and O–H groups in total. The van der Waals surface area contributed by atoms with Crippen LogP contribution in [0.3, 0.4) is 0 Å². The van der Waals surface area contributed by atoms with E-state index < -0.39 is 5.82 Å². The molecule has 1 aromatic carbocycles. The van der Waals surface area contributed by atoms with Gasteiger partial charge in [0.1, 0.15) is 5.82 Å². The highest BCUT2D eigenvalue weighted by Gasteiger charge is 2.13. The average molecular weight is 264 g/mol. The predicted octanol–water partition coefficient (Wildman–Crippen LogP) is 3.04. The molecule has 0 aliphatic heterocycles. The number of nitrogens with zero attached hydrogens (tertiary/aromatic N) is 2. The maximum atomic E-state index is 13.8. The van der Waals surface area contributed by atoms with Gasteiger partial charge in [0.25, 0.3) is 0 Å². The SMILES string of the molecule is Cc1nc(CN(C)c2c(F)cccc2C=O)cs1. The van der Waals surface area contributed by atoms with Crippen molar-refractivity contribution >= 4 is 23.3 Å². The van der Waals surface area contributed by atoms with Crippen LogP contribution in [-0.2, 0) is 6.54 Å². The van der Waals surface area contributed by atoms with Crippen molar-refractivity contribution in [2.75, 3.05) is 11.9 Å². The van der Waals surface area contributed by atoms with E-state index in [1.165, 1.54) is 12.1 Å². The smallest absolute Gasteiger partial charge is 0.152 e. The van der Waals surface area contributed by atoms with Gasteiger partial charge in [-0.25, -0.2) is 9.37 Å². The van der Waals surface area contributed by atoms with Crippen molar-refractivity contribution in [1.82, 2.24) is 4.98 Å². The topological polar surface area (TPSA) is 33.2 Å². The first-order chi connectivity index (χ1) is 8.61. The number of carbonyl (C=O) groups excluding carboxylic acids is 1. The summed E-state index contributed by atoms with van der Waals surface area (Å²) in [5.74, 6) is -0.394. The van der Waals surface area contributed by atoms with Crippen LogP contribution in [0.15, 0.2) is 23.6 Å². The van der Waals surface area contributed by atoms with Gasteiger partial charge in [0, 0.05) is 18.0 Å². The highest BCUT2D eigenvalue weighted by atomic mass is 32.1. The molecule has 2 aromatic rings. The number of anilines is 1. The second-order valence-corrected chi connectivity index (χ2v) is 5.07. The van der Waals surface area contributed by atoms with E-state index in [9.17, 15) is 9.18 Å². The lowest BCUT2D eigenvalue weighted by Gasteiger charge is -2.20. The van der Waals surface area contributed by atoms with Gasteiger partial charge < -0.3 is 4.90 Å². The molecule has 0 bridgehead atoms. The molecule has 1 aromatic heterocycles. The number of hydrogen-bond acceptors (Lipinski definition) is 4. The Morgan fingerprint density at radius 2 is 2.28 bits per heavy atom. The Morgan fingerprint density at radius 3 is 2.89 bits per heavy atom. The van der Waals surface area contributed by atoms with Crippen molar-refractivity contribution in [3.8, 4) is 0 Å². The number of carbonyl (C=O) groups is 1. The number of rotatable bonds is 4. The Bertz CT molecular complexity index is 568. The fourth-order valence-corrected chi connectivity index (χ4v) is 2.44. The van der Waals surface area contributed by atoms with E-state index in [1.807, 2.05) is 12.3 Å². The number of para-hydroxylation sites is 1.